The van der Waals surface area contributed by atoms with Gasteiger partial charge in [-0.1, -0.05) is 12.2 Å². The molecule has 0 radical (unpaired) electrons. The molecule has 1 aliphatic rings. The molecule has 1 amide bonds. The molecular weight excluding hydrogens is 274 g/mol. The monoisotopic (exact) mass is 293 g/mol. The van der Waals surface area contributed by atoms with E-state index in [2.05, 4.69) is 16.9 Å². The van der Waals surface area contributed by atoms with E-state index in [4.69, 9.17) is 5.73 Å². The molecule has 1 aliphatic heterocycles. The van der Waals surface area contributed by atoms with E-state index in [1.54, 1.807) is 4.90 Å². The van der Waals surface area contributed by atoms with E-state index >= 15 is 0 Å². The van der Waals surface area contributed by atoms with Gasteiger partial charge in [0.25, 0.3) is 0 Å². The standard InChI is InChI=1S/C10H19N3O3S2/c1-8(12-18(15,16)7-9(11)17)10(14)13-5-3-2-4-6-13/h8,12H,2-7H2,1H3,(H2,11,17). The summed E-state index contributed by atoms with van der Waals surface area (Å²) in [5, 5.41) is 0. The highest BCUT2D eigenvalue weighted by Crippen LogP contribution is 2.10. The lowest BCUT2D eigenvalue weighted by atomic mass is 10.1. The number of sulfonamides is 1. The molecule has 1 rings (SSSR count). The first-order chi connectivity index (χ1) is 8.32. The number of nitrogens with two attached hydrogens (primary N) is 1. The van der Waals surface area contributed by atoms with Crippen molar-refractivity contribution in [1.29, 1.82) is 0 Å². The summed E-state index contributed by atoms with van der Waals surface area (Å²) in [6.07, 6.45) is 3.06. The molecule has 0 saturated carbocycles. The molecule has 3 N–H and O–H groups in total. The lowest BCUT2D eigenvalue weighted by Crippen LogP contribution is -2.49. The first kappa shape index (κ1) is 15.3. The van der Waals surface area contributed by atoms with Crippen LogP contribution >= 0.6 is 12.2 Å². The number of nitrogens with one attached hydrogen (secondary N) is 1. The molecule has 0 aromatic heterocycles. The maximum Gasteiger partial charge on any atom is 0.240 e. The molecular formula is C10H19N3O3S2. The molecule has 1 heterocycles. The van der Waals surface area contributed by atoms with Crippen molar-refractivity contribution in [3.05, 3.63) is 0 Å². The van der Waals surface area contributed by atoms with Crippen molar-refractivity contribution < 1.29 is 13.2 Å². The predicted octanol–water partition coefficient (Wildman–Crippen LogP) is -0.407. The second-order valence-electron chi connectivity index (χ2n) is 4.45. The van der Waals surface area contributed by atoms with Crippen LogP contribution in [0.4, 0.5) is 0 Å². The van der Waals surface area contributed by atoms with E-state index in [1.807, 2.05) is 0 Å². The second-order valence-corrected chi connectivity index (χ2v) is 6.73. The van der Waals surface area contributed by atoms with Crippen molar-refractivity contribution in [2.45, 2.75) is 32.2 Å². The zero-order valence-electron chi connectivity index (χ0n) is 10.4. The molecule has 1 unspecified atom stereocenters. The number of hydrogen-bond acceptors (Lipinski definition) is 4. The van der Waals surface area contributed by atoms with Crippen LogP contribution in [0.5, 0.6) is 0 Å². The molecule has 0 bridgehead atoms. The Labute approximate surface area is 113 Å². The lowest BCUT2D eigenvalue weighted by Gasteiger charge is -2.29. The van der Waals surface area contributed by atoms with Gasteiger partial charge in [-0.05, 0) is 26.2 Å². The Balaban J connectivity index is 2.56. The number of likely N-dealkylation sites (tertiary alicyclic amines) is 1. The van der Waals surface area contributed by atoms with Crippen LogP contribution in [0, 0.1) is 0 Å². The summed E-state index contributed by atoms with van der Waals surface area (Å²) in [6, 6.07) is -0.776. The molecule has 1 fully saturated rings. The quantitative estimate of drug-likeness (QED) is 0.672. The van der Waals surface area contributed by atoms with Crippen molar-refractivity contribution >= 4 is 33.1 Å². The van der Waals surface area contributed by atoms with Crippen molar-refractivity contribution in [1.82, 2.24) is 9.62 Å². The third kappa shape index (κ3) is 4.87. The summed E-state index contributed by atoms with van der Waals surface area (Å²) >= 11 is 4.55. The van der Waals surface area contributed by atoms with Gasteiger partial charge in [0.1, 0.15) is 5.75 Å². The number of hydrogen-bond donors (Lipinski definition) is 2. The first-order valence-electron chi connectivity index (χ1n) is 5.89. The number of piperidine rings is 1. The van der Waals surface area contributed by atoms with Gasteiger partial charge < -0.3 is 10.6 Å². The van der Waals surface area contributed by atoms with Crippen molar-refractivity contribution in [3.63, 3.8) is 0 Å². The SMILES string of the molecule is CC(NS(=O)(=O)CC(N)=S)C(=O)N1CCCCC1. The second kappa shape index (κ2) is 6.44. The van der Waals surface area contributed by atoms with Gasteiger partial charge in [-0.3, -0.25) is 4.79 Å². The maximum atomic E-state index is 12.0. The fourth-order valence-electron chi connectivity index (χ4n) is 1.94. The van der Waals surface area contributed by atoms with Gasteiger partial charge in [0.15, 0.2) is 0 Å². The molecule has 8 heteroatoms. The summed E-state index contributed by atoms with van der Waals surface area (Å²) in [5.74, 6) is -0.624. The number of carbonyl (C=O) groups excluding carboxylic acids is 1. The normalized spacial score (nSPS) is 18.4. The van der Waals surface area contributed by atoms with Crippen LogP contribution in [0.3, 0.4) is 0 Å². The maximum absolute atomic E-state index is 12.0. The van der Waals surface area contributed by atoms with E-state index in [1.165, 1.54) is 6.92 Å². The van der Waals surface area contributed by atoms with E-state index in [-0.39, 0.29) is 10.9 Å². The first-order valence-corrected chi connectivity index (χ1v) is 7.95. The minimum Gasteiger partial charge on any atom is -0.392 e. The Kier molecular flexibility index (Phi) is 5.48. The van der Waals surface area contributed by atoms with Gasteiger partial charge in [0, 0.05) is 13.1 Å². The Bertz CT molecular complexity index is 416. The number of amides is 1. The smallest absolute Gasteiger partial charge is 0.240 e. The topological polar surface area (TPSA) is 92.5 Å². The third-order valence-corrected chi connectivity index (χ3v) is 4.46. The van der Waals surface area contributed by atoms with Crippen LogP contribution in [0.2, 0.25) is 0 Å². The van der Waals surface area contributed by atoms with E-state index in [0.717, 1.165) is 19.3 Å². The van der Waals surface area contributed by atoms with Crippen molar-refractivity contribution in [3.8, 4) is 0 Å². The van der Waals surface area contributed by atoms with E-state index < -0.39 is 21.8 Å². The van der Waals surface area contributed by atoms with Crippen LogP contribution in [0.25, 0.3) is 0 Å². The molecule has 0 aliphatic carbocycles. The number of nitrogens with zero attached hydrogens (tertiary/aromatic N) is 1. The zero-order chi connectivity index (χ0) is 13.8. The summed E-state index contributed by atoms with van der Waals surface area (Å²) < 4.78 is 25.5. The number of thiocarbonyl (C=S) groups is 1. The Hall–Kier alpha value is -0.730. The molecule has 0 aromatic carbocycles. The Morgan fingerprint density at radius 2 is 1.94 bits per heavy atom. The highest BCUT2D eigenvalue weighted by molar-refractivity contribution is 7.92. The molecule has 6 nitrogen and oxygen atoms in total. The molecule has 1 atom stereocenters. The largest absolute Gasteiger partial charge is 0.392 e. The van der Waals surface area contributed by atoms with Gasteiger partial charge in [0.2, 0.25) is 15.9 Å². The fourth-order valence-corrected chi connectivity index (χ4v) is 3.50. The minimum atomic E-state index is -3.63. The van der Waals surface area contributed by atoms with Crippen LogP contribution in [-0.4, -0.2) is 49.1 Å². The van der Waals surface area contributed by atoms with Gasteiger partial charge in [0.05, 0.1) is 11.0 Å². The number of rotatable bonds is 5. The van der Waals surface area contributed by atoms with Crippen LogP contribution < -0.4 is 10.5 Å². The van der Waals surface area contributed by atoms with Crippen molar-refractivity contribution in [2.75, 3.05) is 18.8 Å². The average Bonchev–Trinajstić information content (AvgIpc) is 2.26. The predicted molar refractivity (Wildman–Crippen MR) is 73.6 cm³/mol. The average molecular weight is 293 g/mol. The van der Waals surface area contributed by atoms with E-state index in [9.17, 15) is 13.2 Å². The Morgan fingerprint density at radius 1 is 1.39 bits per heavy atom. The van der Waals surface area contributed by atoms with Crippen molar-refractivity contribution in [2.24, 2.45) is 5.73 Å². The fraction of sp³-hybridized carbons (Fsp3) is 0.800. The third-order valence-electron chi connectivity index (χ3n) is 2.73. The Morgan fingerprint density at radius 3 is 2.44 bits per heavy atom. The van der Waals surface area contributed by atoms with Crippen LogP contribution in [-0.2, 0) is 14.8 Å². The van der Waals surface area contributed by atoms with Gasteiger partial charge in [-0.15, -0.1) is 0 Å². The number of carbonyl (C=O) groups is 1. The van der Waals surface area contributed by atoms with E-state index in [0.29, 0.717) is 13.1 Å². The van der Waals surface area contributed by atoms with Gasteiger partial charge in [-0.25, -0.2) is 13.1 Å². The molecule has 18 heavy (non-hydrogen) atoms. The summed E-state index contributed by atoms with van der Waals surface area (Å²) in [5.41, 5.74) is 5.19. The van der Waals surface area contributed by atoms with Crippen LogP contribution in [0.1, 0.15) is 26.2 Å². The highest BCUT2D eigenvalue weighted by Gasteiger charge is 2.25. The molecule has 1 saturated heterocycles. The minimum absolute atomic E-state index is 0.111. The van der Waals surface area contributed by atoms with Gasteiger partial charge in [-0.2, -0.15) is 0 Å². The van der Waals surface area contributed by atoms with Gasteiger partial charge >= 0.3 is 0 Å². The summed E-state index contributed by atoms with van der Waals surface area (Å²) in [4.78, 5) is 13.6. The molecule has 104 valence electrons. The van der Waals surface area contributed by atoms with Crippen LogP contribution in [0.15, 0.2) is 0 Å². The highest BCUT2D eigenvalue weighted by atomic mass is 32.2. The molecule has 0 aromatic rings. The summed E-state index contributed by atoms with van der Waals surface area (Å²) in [7, 11) is -3.63. The molecule has 0 spiro atoms. The zero-order valence-corrected chi connectivity index (χ0v) is 12.0. The summed E-state index contributed by atoms with van der Waals surface area (Å²) in [6.45, 7) is 2.93. The lowest BCUT2D eigenvalue weighted by molar-refractivity contribution is -0.133.